The van der Waals surface area contributed by atoms with Crippen LogP contribution >= 0.6 is 27.3 Å². The van der Waals surface area contributed by atoms with Crippen molar-refractivity contribution >= 4 is 27.3 Å². The molecule has 0 aliphatic heterocycles. The SMILES string of the molecule is O=c1[nH]c(-c2cccs2)nc(O)c1Br. The Kier molecular flexibility index (Phi) is 2.39. The molecule has 0 radical (unpaired) electrons. The van der Waals surface area contributed by atoms with Gasteiger partial charge in [0, 0.05) is 0 Å². The highest BCUT2D eigenvalue weighted by Crippen LogP contribution is 2.23. The Balaban J connectivity index is 2.63. The molecule has 2 aromatic rings. The first-order chi connectivity index (χ1) is 6.68. The molecule has 0 spiro atoms. The van der Waals surface area contributed by atoms with E-state index in [1.807, 2.05) is 17.5 Å². The lowest BCUT2D eigenvalue weighted by Crippen LogP contribution is -2.09. The largest absolute Gasteiger partial charge is 0.492 e. The van der Waals surface area contributed by atoms with Crippen molar-refractivity contribution in [2.45, 2.75) is 0 Å². The number of aromatic nitrogens is 2. The molecule has 0 bridgehead atoms. The molecule has 0 fully saturated rings. The maximum Gasteiger partial charge on any atom is 0.269 e. The van der Waals surface area contributed by atoms with Crippen molar-refractivity contribution in [3.05, 3.63) is 32.3 Å². The summed E-state index contributed by atoms with van der Waals surface area (Å²) < 4.78 is 0.0535. The monoisotopic (exact) mass is 272 g/mol. The third kappa shape index (κ3) is 1.58. The number of aromatic hydroxyl groups is 1. The van der Waals surface area contributed by atoms with E-state index in [4.69, 9.17) is 0 Å². The summed E-state index contributed by atoms with van der Waals surface area (Å²) in [6.07, 6.45) is 0. The van der Waals surface area contributed by atoms with Gasteiger partial charge in [-0.05, 0) is 27.4 Å². The summed E-state index contributed by atoms with van der Waals surface area (Å²) in [6, 6.07) is 3.66. The molecular formula is C8H5BrN2O2S. The molecule has 2 heterocycles. The summed E-state index contributed by atoms with van der Waals surface area (Å²) in [4.78, 5) is 18.5. The second-order valence-corrected chi connectivity index (χ2v) is 4.27. The van der Waals surface area contributed by atoms with Crippen LogP contribution in [0.2, 0.25) is 0 Å². The number of hydrogen-bond acceptors (Lipinski definition) is 4. The molecule has 0 aromatic carbocycles. The molecule has 72 valence electrons. The molecule has 2 rings (SSSR count). The zero-order valence-corrected chi connectivity index (χ0v) is 9.22. The Morgan fingerprint density at radius 3 is 2.93 bits per heavy atom. The van der Waals surface area contributed by atoms with Gasteiger partial charge in [-0.15, -0.1) is 11.3 Å². The second kappa shape index (κ2) is 3.55. The normalized spacial score (nSPS) is 10.4. The van der Waals surface area contributed by atoms with E-state index in [1.54, 1.807) is 0 Å². The first-order valence-corrected chi connectivity index (χ1v) is 5.38. The summed E-state index contributed by atoms with van der Waals surface area (Å²) in [6.45, 7) is 0. The topological polar surface area (TPSA) is 66.0 Å². The van der Waals surface area contributed by atoms with Crippen LogP contribution in [0.25, 0.3) is 10.7 Å². The third-order valence-corrected chi connectivity index (χ3v) is 3.19. The first-order valence-electron chi connectivity index (χ1n) is 3.71. The van der Waals surface area contributed by atoms with E-state index in [2.05, 4.69) is 25.9 Å². The zero-order chi connectivity index (χ0) is 10.1. The van der Waals surface area contributed by atoms with Gasteiger partial charge in [-0.1, -0.05) is 6.07 Å². The molecule has 0 saturated heterocycles. The van der Waals surface area contributed by atoms with Gasteiger partial charge in [0.25, 0.3) is 5.56 Å². The van der Waals surface area contributed by atoms with Crippen molar-refractivity contribution in [3.63, 3.8) is 0 Å². The van der Waals surface area contributed by atoms with Crippen molar-refractivity contribution in [1.82, 2.24) is 9.97 Å². The zero-order valence-electron chi connectivity index (χ0n) is 6.82. The van der Waals surface area contributed by atoms with E-state index in [1.165, 1.54) is 11.3 Å². The minimum atomic E-state index is -0.388. The molecular weight excluding hydrogens is 268 g/mol. The van der Waals surface area contributed by atoms with E-state index >= 15 is 0 Å². The van der Waals surface area contributed by atoms with Crippen LogP contribution in [0.15, 0.2) is 26.8 Å². The van der Waals surface area contributed by atoms with Crippen LogP contribution in [-0.2, 0) is 0 Å². The Labute approximate surface area is 91.4 Å². The van der Waals surface area contributed by atoms with Crippen LogP contribution in [0, 0.1) is 0 Å². The van der Waals surface area contributed by atoms with Gasteiger partial charge in [0.1, 0.15) is 4.47 Å². The molecule has 14 heavy (non-hydrogen) atoms. The van der Waals surface area contributed by atoms with E-state index in [0.29, 0.717) is 5.82 Å². The average molecular weight is 273 g/mol. The minimum absolute atomic E-state index is 0.0535. The number of nitrogens with one attached hydrogen (secondary N) is 1. The van der Waals surface area contributed by atoms with Gasteiger partial charge in [-0.3, -0.25) is 4.79 Å². The highest BCUT2D eigenvalue weighted by Gasteiger charge is 2.09. The lowest BCUT2D eigenvalue weighted by molar-refractivity contribution is 0.448. The van der Waals surface area contributed by atoms with E-state index in [-0.39, 0.29) is 15.9 Å². The van der Waals surface area contributed by atoms with E-state index in [9.17, 15) is 9.90 Å². The maximum atomic E-state index is 11.3. The summed E-state index contributed by atoms with van der Waals surface area (Å²) in [5, 5.41) is 11.2. The molecule has 0 atom stereocenters. The lowest BCUT2D eigenvalue weighted by atomic mass is 10.4. The lowest BCUT2D eigenvalue weighted by Gasteiger charge is -1.98. The Bertz CT molecular complexity index is 507. The predicted octanol–water partition coefficient (Wildman–Crippen LogP) is 1.97. The molecule has 2 aromatic heterocycles. The number of thiophene rings is 1. The van der Waals surface area contributed by atoms with Gasteiger partial charge in [-0.2, -0.15) is 4.98 Å². The van der Waals surface area contributed by atoms with E-state index in [0.717, 1.165) is 4.88 Å². The van der Waals surface area contributed by atoms with Crippen LogP contribution in [0.5, 0.6) is 5.88 Å². The van der Waals surface area contributed by atoms with Crippen molar-refractivity contribution in [2.75, 3.05) is 0 Å². The summed E-state index contributed by atoms with van der Waals surface area (Å²) in [5.41, 5.74) is -0.388. The number of aromatic amines is 1. The van der Waals surface area contributed by atoms with Gasteiger partial charge in [0.05, 0.1) is 4.88 Å². The van der Waals surface area contributed by atoms with Gasteiger partial charge >= 0.3 is 0 Å². The average Bonchev–Trinajstić information content (AvgIpc) is 2.66. The van der Waals surface area contributed by atoms with Gasteiger partial charge in [0.15, 0.2) is 5.82 Å². The van der Waals surface area contributed by atoms with Crippen LogP contribution in [0.4, 0.5) is 0 Å². The summed E-state index contributed by atoms with van der Waals surface area (Å²) in [7, 11) is 0. The first kappa shape index (κ1) is 9.42. The number of nitrogens with zero attached hydrogens (tertiary/aromatic N) is 1. The van der Waals surface area contributed by atoms with Crippen molar-refractivity contribution in [3.8, 4) is 16.6 Å². The fraction of sp³-hybridized carbons (Fsp3) is 0. The fourth-order valence-electron chi connectivity index (χ4n) is 0.977. The molecule has 4 nitrogen and oxygen atoms in total. The van der Waals surface area contributed by atoms with Gasteiger partial charge in [0.2, 0.25) is 5.88 Å². The van der Waals surface area contributed by atoms with Gasteiger partial charge in [-0.25, -0.2) is 0 Å². The Morgan fingerprint density at radius 1 is 1.57 bits per heavy atom. The number of hydrogen-bond donors (Lipinski definition) is 2. The molecule has 0 aliphatic rings. The molecule has 0 aliphatic carbocycles. The molecule has 6 heteroatoms. The molecule has 0 saturated carbocycles. The van der Waals surface area contributed by atoms with Gasteiger partial charge < -0.3 is 10.1 Å². The minimum Gasteiger partial charge on any atom is -0.492 e. The highest BCUT2D eigenvalue weighted by molar-refractivity contribution is 9.10. The standard InChI is InChI=1S/C8H5BrN2O2S/c9-5-7(12)10-6(11-8(5)13)4-2-1-3-14-4/h1-3H,(H2,10,11,12,13). The Hall–Kier alpha value is -1.14. The van der Waals surface area contributed by atoms with Crippen LogP contribution in [0.3, 0.4) is 0 Å². The molecule has 2 N–H and O–H groups in total. The highest BCUT2D eigenvalue weighted by atomic mass is 79.9. The quantitative estimate of drug-likeness (QED) is 0.834. The number of halogens is 1. The fourth-order valence-corrected chi connectivity index (χ4v) is 1.83. The van der Waals surface area contributed by atoms with Crippen molar-refractivity contribution in [2.24, 2.45) is 0 Å². The Morgan fingerprint density at radius 2 is 2.36 bits per heavy atom. The predicted molar refractivity (Wildman–Crippen MR) is 57.5 cm³/mol. The number of H-pyrrole nitrogens is 1. The van der Waals surface area contributed by atoms with Crippen LogP contribution in [0.1, 0.15) is 0 Å². The van der Waals surface area contributed by atoms with Crippen LogP contribution in [-0.4, -0.2) is 15.1 Å². The van der Waals surface area contributed by atoms with Crippen molar-refractivity contribution < 1.29 is 5.11 Å². The van der Waals surface area contributed by atoms with Crippen LogP contribution < -0.4 is 5.56 Å². The van der Waals surface area contributed by atoms with E-state index < -0.39 is 0 Å². The smallest absolute Gasteiger partial charge is 0.269 e. The molecule has 0 amide bonds. The third-order valence-electron chi connectivity index (χ3n) is 1.60. The van der Waals surface area contributed by atoms with Crippen molar-refractivity contribution in [1.29, 1.82) is 0 Å². The molecule has 0 unspecified atom stereocenters. The summed E-state index contributed by atoms with van der Waals surface area (Å²) >= 11 is 4.36. The summed E-state index contributed by atoms with van der Waals surface area (Å²) in [5.74, 6) is 0.0860. The second-order valence-electron chi connectivity index (χ2n) is 2.53. The number of rotatable bonds is 1. The maximum absolute atomic E-state index is 11.3.